The number of aliphatic imine (C=N–C) groups is 2. The third-order valence-electron chi connectivity index (χ3n) is 9.94. The van der Waals surface area contributed by atoms with Crippen LogP contribution in [0.3, 0.4) is 0 Å². The van der Waals surface area contributed by atoms with Crippen LogP contribution in [0.4, 0.5) is 0 Å². The molecule has 7 rings (SSSR count). The number of nitrogens with one attached hydrogen (secondary N) is 2. The number of benzene rings is 2. The SMILES string of the molecule is CC1=C(CC(C)C)C2=N/C1=C(/c1ccccc1)c1ccc([nH]1)C(C)(C)c1ccc([nH]1)/C(c1ccccc1)=C1\N=C2C(CC(C)C)=C1C. The van der Waals surface area contributed by atoms with E-state index in [0.717, 1.165) is 80.7 Å². The molecule has 238 valence electrons. The second-order valence-electron chi connectivity index (χ2n) is 14.7. The van der Waals surface area contributed by atoms with Gasteiger partial charge in [-0.15, -0.1) is 0 Å². The third-order valence-corrected chi connectivity index (χ3v) is 9.94. The highest BCUT2D eigenvalue weighted by molar-refractivity contribution is 6.55. The highest BCUT2D eigenvalue weighted by atomic mass is 14.9. The molecular weight excluding hydrogens is 573 g/mol. The molecule has 5 heterocycles. The van der Waals surface area contributed by atoms with Crippen molar-refractivity contribution in [3.63, 3.8) is 0 Å². The van der Waals surface area contributed by atoms with Gasteiger partial charge in [0, 0.05) is 39.3 Å². The molecule has 2 N–H and O–H groups in total. The Morgan fingerprint density at radius 1 is 0.553 bits per heavy atom. The number of fused-ring (bicyclic) bond motifs is 7. The average molecular weight is 619 g/mol. The van der Waals surface area contributed by atoms with Gasteiger partial charge >= 0.3 is 0 Å². The Bertz CT molecular complexity index is 1900. The second kappa shape index (κ2) is 11.8. The minimum atomic E-state index is -0.300. The first-order valence-electron chi connectivity index (χ1n) is 17.1. The molecule has 4 heteroatoms. The molecule has 0 fully saturated rings. The first-order valence-corrected chi connectivity index (χ1v) is 17.1. The maximum Gasteiger partial charge on any atom is 0.0932 e. The molecule has 8 bridgehead atoms. The van der Waals surface area contributed by atoms with E-state index in [9.17, 15) is 0 Å². The predicted octanol–water partition coefficient (Wildman–Crippen LogP) is 10.8. The number of allylic oxidation sites excluding steroid dienone is 4. The van der Waals surface area contributed by atoms with Gasteiger partial charge in [0.2, 0.25) is 0 Å². The fourth-order valence-corrected chi connectivity index (χ4v) is 7.37. The van der Waals surface area contributed by atoms with Crippen molar-refractivity contribution in [3.8, 4) is 0 Å². The number of H-pyrrole nitrogens is 2. The maximum atomic E-state index is 5.63. The van der Waals surface area contributed by atoms with Crippen LogP contribution in [-0.2, 0) is 5.41 Å². The lowest BCUT2D eigenvalue weighted by atomic mass is 9.86. The lowest BCUT2D eigenvalue weighted by Crippen LogP contribution is -2.20. The number of nitrogens with zero attached hydrogens (tertiary/aromatic N) is 2. The number of rotatable bonds is 6. The third kappa shape index (κ3) is 5.34. The van der Waals surface area contributed by atoms with Gasteiger partial charge in [0.25, 0.3) is 0 Å². The molecule has 0 spiro atoms. The van der Waals surface area contributed by atoms with Crippen LogP contribution >= 0.6 is 0 Å². The molecule has 3 aliphatic rings. The quantitative estimate of drug-likeness (QED) is 0.216. The first kappa shape index (κ1) is 30.9. The van der Waals surface area contributed by atoms with Crippen LogP contribution in [0.2, 0.25) is 0 Å². The van der Waals surface area contributed by atoms with Gasteiger partial charge in [-0.1, -0.05) is 88.4 Å². The Morgan fingerprint density at radius 3 is 1.30 bits per heavy atom. The van der Waals surface area contributed by atoms with E-state index in [1.54, 1.807) is 0 Å². The molecule has 2 aromatic carbocycles. The van der Waals surface area contributed by atoms with Gasteiger partial charge in [0.05, 0.1) is 22.8 Å². The lowest BCUT2D eigenvalue weighted by molar-refractivity contribution is 0.602. The monoisotopic (exact) mass is 618 g/mol. The summed E-state index contributed by atoms with van der Waals surface area (Å²) >= 11 is 0. The van der Waals surface area contributed by atoms with E-state index in [-0.39, 0.29) is 5.41 Å². The topological polar surface area (TPSA) is 56.3 Å². The molecular formula is C43H46N4. The van der Waals surface area contributed by atoms with Crippen LogP contribution in [0.1, 0.15) is 102 Å². The van der Waals surface area contributed by atoms with Crippen molar-refractivity contribution in [1.82, 2.24) is 9.97 Å². The van der Waals surface area contributed by atoms with Crippen molar-refractivity contribution in [2.45, 2.75) is 73.6 Å². The summed E-state index contributed by atoms with van der Waals surface area (Å²) in [4.78, 5) is 19.0. The number of hydrogen-bond acceptors (Lipinski definition) is 2. The number of aromatic amines is 2. The Balaban J connectivity index is 1.63. The lowest BCUT2D eigenvalue weighted by Gasteiger charge is -2.23. The number of hydrogen-bond donors (Lipinski definition) is 2. The Morgan fingerprint density at radius 2 is 0.936 bits per heavy atom. The van der Waals surface area contributed by atoms with E-state index in [4.69, 9.17) is 9.98 Å². The molecule has 3 aliphatic heterocycles. The van der Waals surface area contributed by atoms with Gasteiger partial charge in [-0.2, -0.15) is 0 Å². The molecule has 4 aromatic rings. The van der Waals surface area contributed by atoms with E-state index in [1.165, 1.54) is 22.3 Å². The molecule has 0 saturated heterocycles. The van der Waals surface area contributed by atoms with Gasteiger partial charge in [-0.25, -0.2) is 9.98 Å². The van der Waals surface area contributed by atoms with Crippen molar-refractivity contribution >= 4 is 22.6 Å². The first-order chi connectivity index (χ1) is 22.5. The number of aromatic nitrogens is 2. The Labute approximate surface area is 279 Å². The zero-order valence-corrected chi connectivity index (χ0v) is 29.0. The normalized spacial score (nSPS) is 20.6. The zero-order valence-electron chi connectivity index (χ0n) is 29.0. The largest absolute Gasteiger partial charge is 0.358 e. The minimum absolute atomic E-state index is 0.300. The van der Waals surface area contributed by atoms with Crippen LogP contribution in [0, 0.1) is 11.8 Å². The minimum Gasteiger partial charge on any atom is -0.358 e. The van der Waals surface area contributed by atoms with Crippen molar-refractivity contribution in [3.05, 3.63) is 153 Å². The highest BCUT2D eigenvalue weighted by Crippen LogP contribution is 2.44. The van der Waals surface area contributed by atoms with E-state index in [2.05, 4.69) is 150 Å². The van der Waals surface area contributed by atoms with E-state index >= 15 is 0 Å². The van der Waals surface area contributed by atoms with Gasteiger partial charge in [-0.05, 0) is 110 Å². The maximum absolute atomic E-state index is 5.63. The summed E-state index contributed by atoms with van der Waals surface area (Å²) in [6.45, 7) is 18.3. The summed E-state index contributed by atoms with van der Waals surface area (Å²) < 4.78 is 0. The summed E-state index contributed by atoms with van der Waals surface area (Å²) in [6, 6.07) is 30.4. The van der Waals surface area contributed by atoms with Gasteiger partial charge in [0.15, 0.2) is 0 Å². The highest BCUT2D eigenvalue weighted by Gasteiger charge is 2.36. The molecule has 2 aromatic heterocycles. The summed E-state index contributed by atoms with van der Waals surface area (Å²) in [5, 5.41) is 0. The second-order valence-corrected chi connectivity index (χ2v) is 14.7. The van der Waals surface area contributed by atoms with Gasteiger partial charge in [0.1, 0.15) is 0 Å². The van der Waals surface area contributed by atoms with Crippen molar-refractivity contribution in [1.29, 1.82) is 0 Å². The van der Waals surface area contributed by atoms with E-state index in [1.807, 2.05) is 0 Å². The van der Waals surface area contributed by atoms with Crippen LogP contribution in [0.5, 0.6) is 0 Å². The van der Waals surface area contributed by atoms with Crippen molar-refractivity contribution < 1.29 is 0 Å². The predicted molar refractivity (Wildman–Crippen MR) is 198 cm³/mol. The van der Waals surface area contributed by atoms with Crippen LogP contribution in [0.15, 0.2) is 129 Å². The summed E-state index contributed by atoms with van der Waals surface area (Å²) in [7, 11) is 0. The molecule has 47 heavy (non-hydrogen) atoms. The molecule has 0 radical (unpaired) electrons. The molecule has 0 unspecified atom stereocenters. The zero-order chi connectivity index (χ0) is 33.0. The smallest absolute Gasteiger partial charge is 0.0932 e. The average Bonchev–Trinajstić information content (AvgIpc) is 3.84. The van der Waals surface area contributed by atoms with E-state index in [0.29, 0.717) is 11.8 Å². The van der Waals surface area contributed by atoms with Crippen molar-refractivity contribution in [2.75, 3.05) is 0 Å². The van der Waals surface area contributed by atoms with E-state index < -0.39 is 0 Å². The van der Waals surface area contributed by atoms with Crippen molar-refractivity contribution in [2.24, 2.45) is 21.8 Å². The van der Waals surface area contributed by atoms with Gasteiger partial charge < -0.3 is 9.97 Å². The van der Waals surface area contributed by atoms with Crippen LogP contribution < -0.4 is 0 Å². The molecule has 0 saturated carbocycles. The molecule has 0 amide bonds. The summed E-state index contributed by atoms with van der Waals surface area (Å²) in [5.74, 6) is 0.946. The standard InChI is InChI=1S/C43H46N4/c1-25(2)23-31-27(5)39-37(29-15-11-9-12-16-29)33-19-21-35(44-33)43(7,8)36-22-20-34(45-36)38(30-17-13-10-14-18-30)40-28(6)32(24-26(3)4)42(47-40)41(31)46-39/h9-22,25-26,44-45H,23-24H2,1-8H3/b39-37-,40-38-. The Hall–Kier alpha value is -4.70. The molecule has 0 atom stereocenters. The molecule has 0 aliphatic carbocycles. The Kier molecular flexibility index (Phi) is 7.78. The van der Waals surface area contributed by atoms with Gasteiger partial charge in [-0.3, -0.25) is 0 Å². The van der Waals surface area contributed by atoms with Crippen LogP contribution in [0.25, 0.3) is 11.1 Å². The summed E-state index contributed by atoms with van der Waals surface area (Å²) in [6.07, 6.45) is 1.88. The fourth-order valence-electron chi connectivity index (χ4n) is 7.37. The van der Waals surface area contributed by atoms with Crippen LogP contribution in [-0.4, -0.2) is 21.4 Å². The molecule has 4 nitrogen and oxygen atoms in total. The fraction of sp³-hybridized carbons (Fsp3) is 0.302. The summed E-state index contributed by atoms with van der Waals surface area (Å²) in [5.41, 5.74) is 18.0.